The summed E-state index contributed by atoms with van der Waals surface area (Å²) in [5, 5.41) is 9.79. The van der Waals surface area contributed by atoms with Crippen molar-refractivity contribution in [2.75, 3.05) is 0 Å². The molecule has 0 saturated carbocycles. The Labute approximate surface area is 146 Å². The molecular formula is C22H16N3+. The second-order valence-electron chi connectivity index (χ2n) is 5.80. The predicted molar refractivity (Wildman–Crippen MR) is 102 cm³/mol. The number of aromatic amines is 1. The lowest BCUT2D eigenvalue weighted by Gasteiger charge is -2.02. The van der Waals surface area contributed by atoms with Crippen LogP contribution in [0.1, 0.15) is 0 Å². The van der Waals surface area contributed by atoms with Crippen LogP contribution in [0.25, 0.3) is 38.6 Å². The minimum Gasteiger partial charge on any atom is -0.347 e. The number of diazo groups is 1. The van der Waals surface area contributed by atoms with E-state index in [9.17, 15) is 5.39 Å². The van der Waals surface area contributed by atoms with Gasteiger partial charge in [-0.3, -0.25) is 0 Å². The van der Waals surface area contributed by atoms with E-state index in [1.807, 2.05) is 91.0 Å². The number of benzene rings is 3. The van der Waals surface area contributed by atoms with Gasteiger partial charge in [-0.05, 0) is 11.1 Å². The van der Waals surface area contributed by atoms with E-state index in [4.69, 9.17) is 0 Å². The van der Waals surface area contributed by atoms with Crippen molar-refractivity contribution in [2.45, 2.75) is 0 Å². The molecule has 0 radical (unpaired) electrons. The van der Waals surface area contributed by atoms with Crippen LogP contribution in [0.15, 0.2) is 91.0 Å². The van der Waals surface area contributed by atoms with Crippen LogP contribution in [0.5, 0.6) is 0 Å². The lowest BCUT2D eigenvalue weighted by molar-refractivity contribution is 1.39. The van der Waals surface area contributed by atoms with Crippen molar-refractivity contribution in [1.82, 2.24) is 4.98 Å². The van der Waals surface area contributed by atoms with E-state index >= 15 is 0 Å². The fourth-order valence-corrected chi connectivity index (χ4v) is 3.11. The monoisotopic (exact) mass is 322 g/mol. The largest absolute Gasteiger partial charge is 0.418 e. The van der Waals surface area contributed by atoms with Crippen LogP contribution in [0, 0.1) is 5.39 Å². The fraction of sp³-hybridized carbons (Fsp3) is 0. The summed E-state index contributed by atoms with van der Waals surface area (Å²) in [4.78, 5) is 7.12. The zero-order chi connectivity index (χ0) is 17.1. The van der Waals surface area contributed by atoms with E-state index in [1.54, 1.807) is 0 Å². The molecule has 25 heavy (non-hydrogen) atoms. The normalized spacial score (nSPS) is 10.4. The molecule has 0 aliphatic carbocycles. The molecule has 3 heteroatoms. The van der Waals surface area contributed by atoms with Crippen LogP contribution < -0.4 is 0 Å². The van der Waals surface area contributed by atoms with Gasteiger partial charge in [0.15, 0.2) is 4.98 Å². The summed E-state index contributed by atoms with van der Waals surface area (Å²) in [6, 6.07) is 30.0. The standard InChI is InChI=1S/C22H16N3/c23-25-22-19(16-10-4-1-5-11-16)20(17-12-6-2-7-13-17)24-21(22)18-14-8-3-9-15-18/h1-15,24H/q+1. The quantitative estimate of drug-likeness (QED) is 0.430. The van der Waals surface area contributed by atoms with Crippen molar-refractivity contribution in [3.8, 4) is 33.6 Å². The SMILES string of the molecule is N#[N+]c1c(-c2ccccc2)[nH]c(-c2ccccc2)c1-c1ccccc1. The van der Waals surface area contributed by atoms with Gasteiger partial charge in [-0.25, -0.2) is 0 Å². The van der Waals surface area contributed by atoms with E-state index in [0.29, 0.717) is 5.69 Å². The van der Waals surface area contributed by atoms with Gasteiger partial charge in [0.1, 0.15) is 11.3 Å². The average Bonchev–Trinajstić information content (AvgIpc) is 3.09. The highest BCUT2D eigenvalue weighted by atomic mass is 14.9. The van der Waals surface area contributed by atoms with Crippen molar-refractivity contribution in [1.29, 1.82) is 5.39 Å². The molecule has 0 aliphatic rings. The third kappa shape index (κ3) is 2.71. The second-order valence-corrected chi connectivity index (χ2v) is 5.80. The molecular weight excluding hydrogens is 306 g/mol. The number of aromatic nitrogens is 1. The van der Waals surface area contributed by atoms with Gasteiger partial charge in [0, 0.05) is 5.56 Å². The van der Waals surface area contributed by atoms with Crippen molar-refractivity contribution in [2.24, 2.45) is 0 Å². The molecule has 1 aromatic heterocycles. The zero-order valence-corrected chi connectivity index (χ0v) is 13.6. The smallest absolute Gasteiger partial charge is 0.347 e. The Bertz CT molecular complexity index is 1030. The first kappa shape index (κ1) is 14.9. The molecule has 1 heterocycles. The number of nitrogens with one attached hydrogen (secondary N) is 1. The Morgan fingerprint density at radius 3 is 1.48 bits per heavy atom. The van der Waals surface area contributed by atoms with E-state index in [-0.39, 0.29) is 0 Å². The Kier molecular flexibility index (Phi) is 3.86. The number of H-pyrrole nitrogens is 1. The molecule has 3 nitrogen and oxygen atoms in total. The fourth-order valence-electron chi connectivity index (χ4n) is 3.11. The van der Waals surface area contributed by atoms with E-state index < -0.39 is 0 Å². The summed E-state index contributed by atoms with van der Waals surface area (Å²) in [6.07, 6.45) is 0. The average molecular weight is 322 g/mol. The van der Waals surface area contributed by atoms with Crippen LogP contribution in [-0.4, -0.2) is 4.98 Å². The van der Waals surface area contributed by atoms with Gasteiger partial charge in [0.05, 0.1) is 5.69 Å². The van der Waals surface area contributed by atoms with Gasteiger partial charge >= 0.3 is 5.69 Å². The van der Waals surface area contributed by atoms with E-state index in [2.05, 4.69) is 9.96 Å². The highest BCUT2D eigenvalue weighted by molar-refractivity contribution is 5.98. The van der Waals surface area contributed by atoms with Gasteiger partial charge < -0.3 is 4.98 Å². The van der Waals surface area contributed by atoms with Gasteiger partial charge in [-0.2, -0.15) is 0 Å². The molecule has 0 fully saturated rings. The Morgan fingerprint density at radius 1 is 0.560 bits per heavy atom. The molecule has 0 unspecified atom stereocenters. The van der Waals surface area contributed by atoms with Crippen LogP contribution in [-0.2, 0) is 0 Å². The minimum atomic E-state index is 0.552. The van der Waals surface area contributed by atoms with Crippen molar-refractivity contribution >= 4 is 5.69 Å². The van der Waals surface area contributed by atoms with E-state index in [1.165, 1.54) is 0 Å². The van der Waals surface area contributed by atoms with E-state index in [0.717, 1.165) is 33.6 Å². The maximum Gasteiger partial charge on any atom is 0.418 e. The molecule has 0 spiro atoms. The number of nitrogens with zero attached hydrogens (tertiary/aromatic N) is 2. The highest BCUT2D eigenvalue weighted by Crippen LogP contribution is 2.45. The van der Waals surface area contributed by atoms with Crippen molar-refractivity contribution in [3.05, 3.63) is 96.0 Å². The Morgan fingerprint density at radius 2 is 1.00 bits per heavy atom. The molecule has 4 rings (SSSR count). The first-order valence-corrected chi connectivity index (χ1v) is 8.16. The molecule has 0 atom stereocenters. The lowest BCUT2D eigenvalue weighted by atomic mass is 9.99. The maximum absolute atomic E-state index is 9.79. The van der Waals surface area contributed by atoms with Crippen molar-refractivity contribution < 1.29 is 0 Å². The molecule has 1 N–H and O–H groups in total. The lowest BCUT2D eigenvalue weighted by Crippen LogP contribution is -1.82. The third-order valence-corrected chi connectivity index (χ3v) is 4.26. The topological polar surface area (TPSA) is 43.9 Å². The Balaban J connectivity index is 2.04. The van der Waals surface area contributed by atoms with Gasteiger partial charge in [-0.15, -0.1) is 0 Å². The molecule has 0 bridgehead atoms. The summed E-state index contributed by atoms with van der Waals surface area (Å²) in [5.74, 6) is 0. The maximum atomic E-state index is 9.79. The summed E-state index contributed by atoms with van der Waals surface area (Å²) in [6.45, 7) is 0. The number of rotatable bonds is 3. The second kappa shape index (κ2) is 6.46. The summed E-state index contributed by atoms with van der Waals surface area (Å²) in [5.41, 5.74) is 6.24. The Hall–Kier alpha value is -3.64. The summed E-state index contributed by atoms with van der Waals surface area (Å²) >= 11 is 0. The molecule has 0 aliphatic heterocycles. The molecule has 0 amide bonds. The van der Waals surface area contributed by atoms with Gasteiger partial charge in [-0.1, -0.05) is 91.0 Å². The predicted octanol–water partition coefficient (Wildman–Crippen LogP) is 6.50. The van der Waals surface area contributed by atoms with Crippen LogP contribution in [0.4, 0.5) is 5.69 Å². The van der Waals surface area contributed by atoms with Crippen LogP contribution in [0.2, 0.25) is 0 Å². The first-order chi connectivity index (χ1) is 12.4. The summed E-state index contributed by atoms with van der Waals surface area (Å²) in [7, 11) is 0. The highest BCUT2D eigenvalue weighted by Gasteiger charge is 2.30. The summed E-state index contributed by atoms with van der Waals surface area (Å²) < 4.78 is 0. The molecule has 118 valence electrons. The zero-order valence-electron chi connectivity index (χ0n) is 13.6. The van der Waals surface area contributed by atoms with Gasteiger partial charge in [0.2, 0.25) is 5.39 Å². The van der Waals surface area contributed by atoms with Crippen molar-refractivity contribution in [3.63, 3.8) is 0 Å². The molecule has 4 aromatic rings. The van der Waals surface area contributed by atoms with Crippen LogP contribution >= 0.6 is 0 Å². The number of hydrogen-bond acceptors (Lipinski definition) is 1. The number of hydrogen-bond donors (Lipinski definition) is 1. The first-order valence-electron chi connectivity index (χ1n) is 8.16. The van der Waals surface area contributed by atoms with Crippen LogP contribution in [0.3, 0.4) is 0 Å². The molecule has 0 saturated heterocycles. The third-order valence-electron chi connectivity index (χ3n) is 4.26. The van der Waals surface area contributed by atoms with Gasteiger partial charge in [0.25, 0.3) is 0 Å². The minimum absolute atomic E-state index is 0.552. The molecule has 3 aromatic carbocycles.